The maximum Gasteiger partial charge on any atom is 0.324 e. The van der Waals surface area contributed by atoms with Crippen molar-refractivity contribution >= 4 is 28.8 Å². The lowest BCUT2D eigenvalue weighted by molar-refractivity contribution is -0.145. The van der Waals surface area contributed by atoms with E-state index in [1.54, 1.807) is 0 Å². The molecule has 0 atom stereocenters. The van der Waals surface area contributed by atoms with Crippen LogP contribution in [-0.4, -0.2) is 16.6 Å². The highest BCUT2D eigenvalue weighted by molar-refractivity contribution is 14.1. The van der Waals surface area contributed by atoms with E-state index >= 15 is 0 Å². The van der Waals surface area contributed by atoms with Gasteiger partial charge in [0.1, 0.15) is 5.54 Å². The van der Waals surface area contributed by atoms with Crippen LogP contribution in [0.2, 0.25) is 0 Å². The van der Waals surface area contributed by atoms with E-state index in [0.717, 1.165) is 12.8 Å². The minimum absolute atomic E-state index is 0.508. The molecule has 0 unspecified atom stereocenters. The summed E-state index contributed by atoms with van der Waals surface area (Å²) in [7, 11) is 0. The summed E-state index contributed by atoms with van der Waals surface area (Å²) in [5, 5.41) is 9.28. The summed E-state index contributed by atoms with van der Waals surface area (Å²) in [6, 6.07) is 10.4. The Kier molecular flexibility index (Phi) is 4.04. The third-order valence-electron chi connectivity index (χ3n) is 3.70. The van der Waals surface area contributed by atoms with Gasteiger partial charge in [-0.3, -0.25) is 4.79 Å². The molecule has 2 N–H and O–H groups in total. The quantitative estimate of drug-likeness (QED) is 0.654. The molecule has 1 aromatic carbocycles. The molecule has 1 aliphatic carbocycles. The smallest absolute Gasteiger partial charge is 0.324 e. The van der Waals surface area contributed by atoms with E-state index in [1.807, 2.05) is 41.1 Å². The topological polar surface area (TPSA) is 49.3 Å². The van der Waals surface area contributed by atoms with Gasteiger partial charge in [0.25, 0.3) is 0 Å². The van der Waals surface area contributed by atoms with Crippen LogP contribution in [-0.2, 0) is 4.79 Å². The molecule has 0 radical (unpaired) electrons. The molecule has 92 valence electrons. The molecule has 0 bridgehead atoms. The molecule has 3 nitrogen and oxygen atoms in total. The first-order valence-electron chi connectivity index (χ1n) is 5.84. The Labute approximate surface area is 115 Å². The average molecular weight is 345 g/mol. The molecule has 1 fully saturated rings. The van der Waals surface area contributed by atoms with Gasteiger partial charge in [0, 0.05) is 22.9 Å². The van der Waals surface area contributed by atoms with Crippen molar-refractivity contribution < 1.29 is 9.90 Å². The van der Waals surface area contributed by atoms with Gasteiger partial charge in [0.05, 0.1) is 0 Å². The second-order valence-electron chi connectivity index (χ2n) is 4.67. The fraction of sp³-hybridized carbons (Fsp3) is 0.462. The van der Waals surface area contributed by atoms with Gasteiger partial charge in [-0.2, -0.15) is 0 Å². The highest BCUT2D eigenvalue weighted by Crippen LogP contribution is 2.38. The lowest BCUT2D eigenvalue weighted by Gasteiger charge is -2.35. The number of carboxylic acid groups (broad SMARTS) is 1. The van der Waals surface area contributed by atoms with Crippen LogP contribution in [0.1, 0.15) is 37.2 Å². The summed E-state index contributed by atoms with van der Waals surface area (Å²) in [4.78, 5) is 11.3. The van der Waals surface area contributed by atoms with Crippen LogP contribution >= 0.6 is 22.9 Å². The summed E-state index contributed by atoms with van der Waals surface area (Å²) in [6.07, 6.45) is 3.27. The van der Waals surface area contributed by atoms with Crippen molar-refractivity contribution in [3.8, 4) is 0 Å². The lowest BCUT2D eigenvalue weighted by Crippen LogP contribution is -2.49. The van der Waals surface area contributed by atoms with Crippen molar-refractivity contribution in [2.45, 2.75) is 37.1 Å². The highest BCUT2D eigenvalue weighted by atomic mass is 127. The average Bonchev–Trinajstić information content (AvgIpc) is 2.39. The molecule has 0 aliphatic heterocycles. The summed E-state index contributed by atoms with van der Waals surface area (Å²) >= 11 is 1.97. The Bertz CT molecular complexity index is 386. The minimum Gasteiger partial charge on any atom is -0.480 e. The van der Waals surface area contributed by atoms with Crippen molar-refractivity contribution in [2.24, 2.45) is 0 Å². The van der Waals surface area contributed by atoms with E-state index in [1.165, 1.54) is 5.56 Å². The van der Waals surface area contributed by atoms with Crippen molar-refractivity contribution in [1.82, 2.24) is 3.53 Å². The number of rotatable bonds is 3. The maximum atomic E-state index is 11.3. The summed E-state index contributed by atoms with van der Waals surface area (Å²) in [6.45, 7) is 0. The second kappa shape index (κ2) is 5.35. The number of hydrogen-bond donors (Lipinski definition) is 2. The van der Waals surface area contributed by atoms with Crippen LogP contribution in [0.15, 0.2) is 30.3 Å². The van der Waals surface area contributed by atoms with E-state index in [2.05, 4.69) is 15.7 Å². The number of hydrogen-bond acceptors (Lipinski definition) is 2. The lowest BCUT2D eigenvalue weighted by atomic mass is 9.75. The van der Waals surface area contributed by atoms with Crippen molar-refractivity contribution in [2.75, 3.05) is 0 Å². The zero-order valence-electron chi connectivity index (χ0n) is 9.53. The van der Waals surface area contributed by atoms with Crippen LogP contribution in [0.4, 0.5) is 0 Å². The van der Waals surface area contributed by atoms with E-state index in [0.29, 0.717) is 18.8 Å². The van der Waals surface area contributed by atoms with Crippen molar-refractivity contribution in [3.05, 3.63) is 35.9 Å². The largest absolute Gasteiger partial charge is 0.480 e. The van der Waals surface area contributed by atoms with Crippen LogP contribution in [0.5, 0.6) is 0 Å². The van der Waals surface area contributed by atoms with Gasteiger partial charge < -0.3 is 5.11 Å². The molecular formula is C13H16INO2. The molecule has 1 aliphatic rings. The molecule has 17 heavy (non-hydrogen) atoms. The molecule has 0 spiro atoms. The number of benzene rings is 1. The number of aliphatic carboxylic acids is 1. The number of nitrogens with one attached hydrogen (secondary N) is 1. The third kappa shape index (κ3) is 2.63. The Balaban J connectivity index is 2.05. The Morgan fingerprint density at radius 1 is 1.29 bits per heavy atom. The zero-order chi connectivity index (χ0) is 12.3. The molecule has 0 saturated heterocycles. The highest BCUT2D eigenvalue weighted by Gasteiger charge is 2.41. The fourth-order valence-electron chi connectivity index (χ4n) is 2.52. The third-order valence-corrected chi connectivity index (χ3v) is 4.73. The van der Waals surface area contributed by atoms with Gasteiger partial charge >= 0.3 is 5.97 Å². The van der Waals surface area contributed by atoms with Crippen LogP contribution in [0.3, 0.4) is 0 Å². The fourth-order valence-corrected chi connectivity index (χ4v) is 3.29. The van der Waals surface area contributed by atoms with Gasteiger partial charge in [0.2, 0.25) is 0 Å². The van der Waals surface area contributed by atoms with E-state index in [9.17, 15) is 9.90 Å². The second-order valence-corrected chi connectivity index (χ2v) is 5.21. The molecule has 0 amide bonds. The maximum absolute atomic E-state index is 11.3. The molecular weight excluding hydrogens is 329 g/mol. The van der Waals surface area contributed by atoms with E-state index in [-0.39, 0.29) is 0 Å². The van der Waals surface area contributed by atoms with Crippen LogP contribution in [0.25, 0.3) is 0 Å². The molecule has 4 heteroatoms. The van der Waals surface area contributed by atoms with Gasteiger partial charge in [0.15, 0.2) is 0 Å². The van der Waals surface area contributed by atoms with Gasteiger partial charge in [-0.15, -0.1) is 0 Å². The first-order valence-corrected chi connectivity index (χ1v) is 6.92. The van der Waals surface area contributed by atoms with Crippen LogP contribution in [0, 0.1) is 0 Å². The number of halogens is 1. The summed E-state index contributed by atoms with van der Waals surface area (Å²) in [5.74, 6) is -0.216. The normalized spacial score (nSPS) is 28.9. The van der Waals surface area contributed by atoms with Gasteiger partial charge in [-0.1, -0.05) is 30.3 Å². The molecule has 1 saturated carbocycles. The zero-order valence-corrected chi connectivity index (χ0v) is 11.7. The first-order chi connectivity index (χ1) is 8.18. The Morgan fingerprint density at radius 3 is 2.35 bits per heavy atom. The standard InChI is InChI=1S/C13H16INO2/c14-15-13(12(16)17)8-6-11(7-9-13)10-4-2-1-3-5-10/h1-5,11,15H,6-9H2,(H,16,17). The number of carbonyl (C=O) groups is 1. The minimum atomic E-state index is -0.724. The summed E-state index contributed by atoms with van der Waals surface area (Å²) in [5.41, 5.74) is 0.617. The monoisotopic (exact) mass is 345 g/mol. The van der Waals surface area contributed by atoms with Gasteiger partial charge in [-0.05, 0) is 37.2 Å². The van der Waals surface area contributed by atoms with Crippen LogP contribution < -0.4 is 3.53 Å². The van der Waals surface area contributed by atoms with E-state index < -0.39 is 11.5 Å². The predicted molar refractivity (Wildman–Crippen MR) is 75.2 cm³/mol. The predicted octanol–water partition coefficient (Wildman–Crippen LogP) is 3.11. The van der Waals surface area contributed by atoms with Crippen molar-refractivity contribution in [1.29, 1.82) is 0 Å². The van der Waals surface area contributed by atoms with Crippen molar-refractivity contribution in [3.63, 3.8) is 0 Å². The SMILES string of the molecule is O=C(O)C1(NI)CCC(c2ccccc2)CC1. The Morgan fingerprint density at radius 2 is 1.88 bits per heavy atom. The summed E-state index contributed by atoms with van der Waals surface area (Å²) < 4.78 is 2.96. The molecule has 0 aromatic heterocycles. The first kappa shape index (κ1) is 12.8. The number of carboxylic acids is 1. The Hall–Kier alpha value is -0.620. The van der Waals surface area contributed by atoms with E-state index in [4.69, 9.17) is 0 Å². The molecule has 2 rings (SSSR count). The molecule has 0 heterocycles. The van der Waals surface area contributed by atoms with Gasteiger partial charge in [-0.25, -0.2) is 3.53 Å². The molecule has 1 aromatic rings.